The van der Waals surface area contributed by atoms with Gasteiger partial charge in [0.25, 0.3) is 0 Å². The number of nitrogens with one attached hydrogen (secondary N) is 1. The van der Waals surface area contributed by atoms with Crippen LogP contribution in [0.1, 0.15) is 39.5 Å². The van der Waals surface area contributed by atoms with Crippen molar-refractivity contribution < 1.29 is 23.0 Å². The summed E-state index contributed by atoms with van der Waals surface area (Å²) in [6.07, 6.45) is 0.291. The number of rotatable bonds is 13. The Morgan fingerprint density at radius 3 is 2.27 bits per heavy atom. The van der Waals surface area contributed by atoms with Gasteiger partial charge in [-0.15, -0.1) is 0 Å². The second-order valence-corrected chi connectivity index (χ2v) is 9.70. The lowest BCUT2D eigenvalue weighted by Crippen LogP contribution is -2.46. The third-order valence-corrected chi connectivity index (χ3v) is 6.52. The second-order valence-electron chi connectivity index (χ2n) is 9.70. The molecule has 0 spiro atoms. The van der Waals surface area contributed by atoms with Crippen molar-refractivity contribution in [2.24, 2.45) is 5.73 Å². The summed E-state index contributed by atoms with van der Waals surface area (Å²) < 4.78 is 39.3. The van der Waals surface area contributed by atoms with Crippen LogP contribution in [0, 0.1) is 11.6 Å². The van der Waals surface area contributed by atoms with Gasteiger partial charge in [-0.3, -0.25) is 0 Å². The molecule has 0 radical (unpaired) electrons. The molecule has 4 aromatic rings. The zero-order valence-electron chi connectivity index (χ0n) is 22.5. The average Bonchev–Trinajstić information content (AvgIpc) is 2.95. The van der Waals surface area contributed by atoms with Gasteiger partial charge in [-0.05, 0) is 65.4 Å². The number of hydrogen-bond donors (Lipinski definition) is 2. The molecule has 0 saturated heterocycles. The zero-order chi connectivity index (χ0) is 28.3. The molecule has 208 valence electrons. The van der Waals surface area contributed by atoms with Crippen LogP contribution in [0.5, 0.6) is 5.75 Å². The van der Waals surface area contributed by atoms with Gasteiger partial charge in [-0.1, -0.05) is 67.6 Å². The Hall–Kier alpha value is -4.07. The van der Waals surface area contributed by atoms with E-state index in [4.69, 9.17) is 15.2 Å². The Morgan fingerprint density at radius 2 is 1.52 bits per heavy atom. The van der Waals surface area contributed by atoms with Crippen molar-refractivity contribution in [3.8, 4) is 5.75 Å². The van der Waals surface area contributed by atoms with E-state index < -0.39 is 29.7 Å². The summed E-state index contributed by atoms with van der Waals surface area (Å²) in [6, 6.07) is 27.3. The summed E-state index contributed by atoms with van der Waals surface area (Å²) in [4.78, 5) is 13.2. The van der Waals surface area contributed by atoms with E-state index in [-0.39, 0.29) is 13.0 Å². The summed E-state index contributed by atoms with van der Waals surface area (Å²) in [6.45, 7) is 3.26. The van der Waals surface area contributed by atoms with Crippen molar-refractivity contribution in [2.75, 3.05) is 6.54 Å². The minimum atomic E-state index is -0.762. The van der Waals surface area contributed by atoms with Crippen molar-refractivity contribution in [3.63, 3.8) is 0 Å². The average molecular weight is 545 g/mol. The Morgan fingerprint density at radius 1 is 0.825 bits per heavy atom. The smallest absolute Gasteiger partial charge is 0.338 e. The van der Waals surface area contributed by atoms with E-state index in [9.17, 15) is 13.6 Å². The minimum absolute atomic E-state index is 0.125. The first kappa shape index (κ1) is 28.9. The van der Waals surface area contributed by atoms with Gasteiger partial charge in [0.15, 0.2) is 0 Å². The molecule has 0 aliphatic carbocycles. The highest BCUT2D eigenvalue weighted by Crippen LogP contribution is 2.18. The predicted molar refractivity (Wildman–Crippen MR) is 152 cm³/mol. The summed E-state index contributed by atoms with van der Waals surface area (Å²) >= 11 is 0. The first-order chi connectivity index (χ1) is 19.4. The Labute approximate surface area is 233 Å². The Balaban J connectivity index is 1.44. The normalized spacial score (nSPS) is 12.5. The number of aryl methyl sites for hydroxylation is 1. The molecule has 40 heavy (non-hydrogen) atoms. The highest BCUT2D eigenvalue weighted by atomic mass is 19.1. The molecule has 0 bridgehead atoms. The van der Waals surface area contributed by atoms with Crippen LogP contribution in [0.4, 0.5) is 8.78 Å². The minimum Gasteiger partial charge on any atom is -0.489 e. The summed E-state index contributed by atoms with van der Waals surface area (Å²) in [5.74, 6) is -1.40. The van der Waals surface area contributed by atoms with Gasteiger partial charge >= 0.3 is 5.97 Å². The monoisotopic (exact) mass is 544 g/mol. The molecule has 4 rings (SSSR count). The molecule has 0 unspecified atom stereocenters. The Kier molecular flexibility index (Phi) is 10.4. The van der Waals surface area contributed by atoms with Gasteiger partial charge in [0.1, 0.15) is 30.1 Å². The summed E-state index contributed by atoms with van der Waals surface area (Å²) in [5.41, 5.74) is 10.5. The lowest BCUT2D eigenvalue weighted by molar-refractivity contribution is 0.0237. The third kappa shape index (κ3) is 8.73. The molecule has 4 aromatic carbocycles. The fourth-order valence-electron chi connectivity index (χ4n) is 4.39. The topological polar surface area (TPSA) is 73.6 Å². The fourth-order valence-corrected chi connectivity index (χ4v) is 4.39. The van der Waals surface area contributed by atoms with Crippen LogP contribution < -0.4 is 15.8 Å². The maximum Gasteiger partial charge on any atom is 0.338 e. The highest BCUT2D eigenvalue weighted by Gasteiger charge is 2.24. The number of hydrogen-bond acceptors (Lipinski definition) is 5. The van der Waals surface area contributed by atoms with Crippen molar-refractivity contribution in [3.05, 3.63) is 137 Å². The van der Waals surface area contributed by atoms with Crippen LogP contribution in [0.15, 0.2) is 97.1 Å². The van der Waals surface area contributed by atoms with Crippen LogP contribution >= 0.6 is 0 Å². The molecule has 7 heteroatoms. The molecule has 0 aromatic heterocycles. The number of benzene rings is 4. The van der Waals surface area contributed by atoms with Crippen molar-refractivity contribution in [1.82, 2.24) is 5.32 Å². The SMILES string of the molecule is CCc1cccc(CNC[C@@H](OC(=O)c2cccc(OCc3ccccc3)c2)[C@@H](N)Cc2cc(F)cc(F)c2)c1. The molecule has 2 atom stereocenters. The molecular formula is C33H34F2N2O3. The fraction of sp³-hybridized carbons (Fsp3) is 0.242. The number of ether oxygens (including phenoxy) is 2. The first-order valence-corrected chi connectivity index (χ1v) is 13.4. The van der Waals surface area contributed by atoms with Gasteiger partial charge in [-0.2, -0.15) is 0 Å². The van der Waals surface area contributed by atoms with Crippen LogP contribution in [0.3, 0.4) is 0 Å². The molecule has 0 amide bonds. The first-order valence-electron chi connectivity index (χ1n) is 13.4. The van der Waals surface area contributed by atoms with E-state index in [1.54, 1.807) is 24.3 Å². The van der Waals surface area contributed by atoms with Crippen molar-refractivity contribution >= 4 is 5.97 Å². The molecule has 5 nitrogen and oxygen atoms in total. The van der Waals surface area contributed by atoms with Crippen molar-refractivity contribution in [1.29, 1.82) is 0 Å². The predicted octanol–water partition coefficient (Wildman–Crippen LogP) is 5.99. The van der Waals surface area contributed by atoms with Crippen LogP contribution in [0.25, 0.3) is 0 Å². The van der Waals surface area contributed by atoms with E-state index in [0.717, 1.165) is 23.6 Å². The van der Waals surface area contributed by atoms with E-state index in [1.165, 1.54) is 17.7 Å². The molecule has 0 aliphatic heterocycles. The number of esters is 1. The molecule has 0 fully saturated rings. The number of carbonyl (C=O) groups is 1. The van der Waals surface area contributed by atoms with Crippen LogP contribution in [0.2, 0.25) is 0 Å². The maximum absolute atomic E-state index is 13.8. The third-order valence-electron chi connectivity index (χ3n) is 6.52. The molecule has 0 heterocycles. The summed E-state index contributed by atoms with van der Waals surface area (Å²) in [5, 5.41) is 3.32. The lowest BCUT2D eigenvalue weighted by Gasteiger charge is -2.25. The molecule has 0 saturated carbocycles. The van der Waals surface area contributed by atoms with E-state index in [1.807, 2.05) is 42.5 Å². The second kappa shape index (κ2) is 14.4. The molecular weight excluding hydrogens is 510 g/mol. The van der Waals surface area contributed by atoms with Gasteiger partial charge in [-0.25, -0.2) is 13.6 Å². The van der Waals surface area contributed by atoms with Crippen LogP contribution in [-0.2, 0) is 30.7 Å². The lowest BCUT2D eigenvalue weighted by atomic mass is 10.0. The van der Waals surface area contributed by atoms with Crippen molar-refractivity contribution in [2.45, 2.75) is 45.1 Å². The zero-order valence-corrected chi connectivity index (χ0v) is 22.5. The maximum atomic E-state index is 13.8. The molecule has 0 aliphatic rings. The highest BCUT2D eigenvalue weighted by molar-refractivity contribution is 5.90. The summed E-state index contributed by atoms with van der Waals surface area (Å²) in [7, 11) is 0. The Bertz CT molecular complexity index is 1380. The van der Waals surface area contributed by atoms with Crippen LogP contribution in [-0.4, -0.2) is 24.7 Å². The standard InChI is InChI=1S/C33H34F2N2O3/c1-2-23-10-6-11-25(14-23)20-37-21-32(31(36)17-26-15-28(34)19-29(35)16-26)40-33(38)27-12-7-13-30(18-27)39-22-24-8-4-3-5-9-24/h3-16,18-19,31-32,37H,2,17,20-22,36H2,1H3/t31-,32+/m0/s1. The van der Waals surface area contributed by atoms with E-state index in [2.05, 4.69) is 24.4 Å². The van der Waals surface area contributed by atoms with Gasteiger partial charge < -0.3 is 20.5 Å². The molecule has 3 N–H and O–H groups in total. The van der Waals surface area contributed by atoms with Gasteiger partial charge in [0.05, 0.1) is 5.56 Å². The van der Waals surface area contributed by atoms with E-state index >= 15 is 0 Å². The largest absolute Gasteiger partial charge is 0.489 e. The van der Waals surface area contributed by atoms with E-state index in [0.29, 0.717) is 30.0 Å². The van der Waals surface area contributed by atoms with Gasteiger partial charge in [0.2, 0.25) is 0 Å². The quantitative estimate of drug-likeness (QED) is 0.202. The van der Waals surface area contributed by atoms with Gasteiger partial charge in [0, 0.05) is 25.2 Å². The number of halogens is 2. The number of carbonyl (C=O) groups excluding carboxylic acids is 1. The number of nitrogens with two attached hydrogens (primary N) is 1.